The molecule has 19 heavy (non-hydrogen) atoms. The third kappa shape index (κ3) is 1.45. The van der Waals surface area contributed by atoms with E-state index >= 15 is 0 Å². The number of rotatable bonds is 0. The summed E-state index contributed by atoms with van der Waals surface area (Å²) in [7, 11) is 0. The van der Waals surface area contributed by atoms with Crippen LogP contribution in [0.1, 0.15) is 0 Å². The second-order valence-electron chi connectivity index (χ2n) is 4.54. The Morgan fingerprint density at radius 3 is 2.68 bits per heavy atom. The smallest absolute Gasteiger partial charge is 0.151 e. The molecule has 0 saturated carbocycles. The number of nitrogens with one attached hydrogen (secondary N) is 1. The van der Waals surface area contributed by atoms with Gasteiger partial charge in [0, 0.05) is 0 Å². The molecule has 0 aromatic heterocycles. The highest BCUT2D eigenvalue weighted by Gasteiger charge is 2.19. The van der Waals surface area contributed by atoms with Crippen molar-refractivity contribution in [2.75, 3.05) is 5.32 Å². The molecule has 0 fully saturated rings. The van der Waals surface area contributed by atoms with Crippen molar-refractivity contribution >= 4 is 22.1 Å². The van der Waals surface area contributed by atoms with Gasteiger partial charge >= 0.3 is 0 Å². The Balaban J connectivity index is 2.01. The number of benzene rings is 3. The van der Waals surface area contributed by atoms with Crippen LogP contribution < -0.4 is 10.1 Å². The molecule has 0 saturated heterocycles. The highest BCUT2D eigenvalue weighted by Crippen LogP contribution is 2.47. The van der Waals surface area contributed by atoms with Gasteiger partial charge in [-0.05, 0) is 29.7 Å². The maximum Gasteiger partial charge on any atom is 0.151 e. The van der Waals surface area contributed by atoms with Crippen LogP contribution in [-0.2, 0) is 0 Å². The van der Waals surface area contributed by atoms with Crippen LogP contribution >= 0.6 is 0 Å². The van der Waals surface area contributed by atoms with E-state index in [0.717, 1.165) is 33.6 Å². The normalized spacial score (nSPS) is 12.2. The molecule has 3 aromatic carbocycles. The van der Waals surface area contributed by atoms with Crippen molar-refractivity contribution in [2.45, 2.75) is 0 Å². The van der Waals surface area contributed by atoms with Gasteiger partial charge in [-0.3, -0.25) is 0 Å². The lowest BCUT2D eigenvalue weighted by Gasteiger charge is -2.23. The molecule has 0 unspecified atom stereocenters. The van der Waals surface area contributed by atoms with E-state index in [1.807, 2.05) is 48.5 Å². The van der Waals surface area contributed by atoms with Gasteiger partial charge in [-0.15, -0.1) is 0 Å². The number of fused-ring (bicyclic) bond motifs is 4. The van der Waals surface area contributed by atoms with Crippen LogP contribution in [0.3, 0.4) is 0 Å². The Labute approximate surface area is 110 Å². The summed E-state index contributed by atoms with van der Waals surface area (Å²) in [5, 5.41) is 15.2. The van der Waals surface area contributed by atoms with Crippen molar-refractivity contribution in [3.05, 3.63) is 54.6 Å². The van der Waals surface area contributed by atoms with Crippen LogP contribution in [0.5, 0.6) is 17.2 Å². The second-order valence-corrected chi connectivity index (χ2v) is 4.54. The molecular weight excluding hydrogens is 238 g/mol. The number of hydrogen-bond donors (Lipinski definition) is 2. The third-order valence-electron chi connectivity index (χ3n) is 3.35. The van der Waals surface area contributed by atoms with E-state index < -0.39 is 0 Å². The number of phenols is 1. The van der Waals surface area contributed by atoms with E-state index in [9.17, 15) is 5.11 Å². The molecular formula is C16H11NO2. The molecule has 3 nitrogen and oxygen atoms in total. The Bertz CT molecular complexity index is 796. The Morgan fingerprint density at radius 1 is 0.842 bits per heavy atom. The fraction of sp³-hybridized carbons (Fsp3) is 0. The van der Waals surface area contributed by atoms with Crippen molar-refractivity contribution < 1.29 is 9.84 Å². The van der Waals surface area contributed by atoms with Crippen molar-refractivity contribution in [1.29, 1.82) is 0 Å². The molecule has 0 spiro atoms. The van der Waals surface area contributed by atoms with E-state index in [1.54, 1.807) is 6.07 Å². The van der Waals surface area contributed by atoms with Gasteiger partial charge < -0.3 is 15.2 Å². The zero-order valence-corrected chi connectivity index (χ0v) is 10.1. The lowest BCUT2D eigenvalue weighted by Crippen LogP contribution is -2.03. The summed E-state index contributed by atoms with van der Waals surface area (Å²) < 4.78 is 5.87. The van der Waals surface area contributed by atoms with Crippen molar-refractivity contribution in [3.63, 3.8) is 0 Å². The summed E-state index contributed by atoms with van der Waals surface area (Å²) in [6.45, 7) is 0. The van der Waals surface area contributed by atoms with E-state index in [0.29, 0.717) is 0 Å². The van der Waals surface area contributed by atoms with Gasteiger partial charge in [0.1, 0.15) is 5.75 Å². The monoisotopic (exact) mass is 249 g/mol. The highest BCUT2D eigenvalue weighted by molar-refractivity contribution is 6.03. The first-order valence-electron chi connectivity index (χ1n) is 6.11. The maximum absolute atomic E-state index is 10.1. The summed E-state index contributed by atoms with van der Waals surface area (Å²) in [5.41, 5.74) is 1.72. The molecule has 0 bridgehead atoms. The van der Waals surface area contributed by atoms with Gasteiger partial charge in [-0.25, -0.2) is 0 Å². The fourth-order valence-electron chi connectivity index (χ4n) is 2.46. The predicted octanol–water partition coefficient (Wildman–Crippen LogP) is 4.39. The molecule has 0 aliphatic carbocycles. The Hall–Kier alpha value is -2.68. The summed E-state index contributed by atoms with van der Waals surface area (Å²) in [4.78, 5) is 0. The molecule has 1 aliphatic heterocycles. The largest absolute Gasteiger partial charge is 0.507 e. The molecule has 2 N–H and O–H groups in total. The van der Waals surface area contributed by atoms with Gasteiger partial charge in [0.25, 0.3) is 0 Å². The molecule has 0 radical (unpaired) electrons. The molecule has 3 aromatic rings. The fourth-order valence-corrected chi connectivity index (χ4v) is 2.46. The minimum atomic E-state index is 0.254. The van der Waals surface area contributed by atoms with Crippen LogP contribution in [-0.4, -0.2) is 5.11 Å². The number of para-hydroxylation sites is 2. The summed E-state index contributed by atoms with van der Waals surface area (Å²) in [6, 6.07) is 17.1. The number of aromatic hydroxyl groups is 1. The third-order valence-corrected chi connectivity index (χ3v) is 3.35. The first-order chi connectivity index (χ1) is 9.33. The first-order valence-corrected chi connectivity index (χ1v) is 6.11. The maximum atomic E-state index is 10.1. The van der Waals surface area contributed by atoms with Gasteiger partial charge in [0.15, 0.2) is 11.5 Å². The average Bonchev–Trinajstić information content (AvgIpc) is 2.45. The van der Waals surface area contributed by atoms with Crippen LogP contribution in [0.25, 0.3) is 10.8 Å². The summed E-state index contributed by atoms with van der Waals surface area (Å²) >= 11 is 0. The van der Waals surface area contributed by atoms with E-state index in [2.05, 4.69) is 5.32 Å². The van der Waals surface area contributed by atoms with Crippen LogP contribution in [0, 0.1) is 0 Å². The van der Waals surface area contributed by atoms with Gasteiger partial charge in [-0.1, -0.05) is 30.3 Å². The summed E-state index contributed by atoms with van der Waals surface area (Å²) in [6.07, 6.45) is 0. The van der Waals surface area contributed by atoms with Crippen molar-refractivity contribution in [2.24, 2.45) is 0 Å². The molecule has 1 heterocycles. The number of phenolic OH excluding ortho intramolecular Hbond substituents is 1. The van der Waals surface area contributed by atoms with Crippen LogP contribution in [0.4, 0.5) is 11.4 Å². The average molecular weight is 249 g/mol. The van der Waals surface area contributed by atoms with E-state index in [-0.39, 0.29) is 5.75 Å². The quantitative estimate of drug-likeness (QED) is 0.485. The van der Waals surface area contributed by atoms with Crippen molar-refractivity contribution in [1.82, 2.24) is 0 Å². The van der Waals surface area contributed by atoms with Gasteiger partial charge in [0.2, 0.25) is 0 Å². The molecule has 1 aliphatic rings. The molecule has 3 heteroatoms. The van der Waals surface area contributed by atoms with E-state index in [4.69, 9.17) is 4.74 Å². The van der Waals surface area contributed by atoms with Gasteiger partial charge in [0.05, 0.1) is 16.8 Å². The SMILES string of the molecule is Oc1cccc2ccc3c(c12)Nc1ccccc1O3. The zero-order chi connectivity index (χ0) is 12.8. The molecule has 0 atom stereocenters. The standard InChI is InChI=1S/C16H11NO2/c18-12-6-3-4-10-8-9-14-16(15(10)12)17-11-5-1-2-7-13(11)19-14/h1-9,17-18H. The lowest BCUT2D eigenvalue weighted by molar-refractivity contribution is 0.475. The topological polar surface area (TPSA) is 41.5 Å². The lowest BCUT2D eigenvalue weighted by atomic mass is 10.1. The van der Waals surface area contributed by atoms with Crippen molar-refractivity contribution in [3.8, 4) is 17.2 Å². The second kappa shape index (κ2) is 3.65. The minimum absolute atomic E-state index is 0.254. The zero-order valence-electron chi connectivity index (χ0n) is 10.1. The van der Waals surface area contributed by atoms with E-state index in [1.165, 1.54) is 0 Å². The number of ether oxygens (including phenoxy) is 1. The Morgan fingerprint density at radius 2 is 1.74 bits per heavy atom. The predicted molar refractivity (Wildman–Crippen MR) is 75.4 cm³/mol. The first kappa shape index (κ1) is 10.3. The van der Waals surface area contributed by atoms with Crippen LogP contribution in [0.15, 0.2) is 54.6 Å². The Kier molecular flexibility index (Phi) is 1.97. The van der Waals surface area contributed by atoms with Gasteiger partial charge in [-0.2, -0.15) is 0 Å². The minimum Gasteiger partial charge on any atom is -0.507 e. The highest BCUT2D eigenvalue weighted by atomic mass is 16.5. The number of hydrogen-bond acceptors (Lipinski definition) is 3. The molecule has 0 amide bonds. The van der Waals surface area contributed by atoms with Crippen LogP contribution in [0.2, 0.25) is 0 Å². The number of anilines is 2. The molecule has 4 rings (SSSR count). The molecule has 92 valence electrons. The summed E-state index contributed by atoms with van der Waals surface area (Å²) in [5.74, 6) is 1.78.